The van der Waals surface area contributed by atoms with Gasteiger partial charge in [0.05, 0.1) is 12.8 Å². The summed E-state index contributed by atoms with van der Waals surface area (Å²) < 4.78 is 37.0. The highest BCUT2D eigenvalue weighted by Crippen LogP contribution is 2.42. The Kier molecular flexibility index (Phi) is 8.13. The van der Waals surface area contributed by atoms with Gasteiger partial charge in [-0.25, -0.2) is 4.79 Å². The molecule has 0 radical (unpaired) electrons. The van der Waals surface area contributed by atoms with Gasteiger partial charge in [-0.2, -0.15) is 13.2 Å². The van der Waals surface area contributed by atoms with Crippen molar-refractivity contribution in [2.24, 2.45) is 17.8 Å². The smallest absolute Gasteiger partial charge is 0.475 e. The first-order valence-electron chi connectivity index (χ1n) is 9.91. The summed E-state index contributed by atoms with van der Waals surface area (Å²) in [7, 11) is 0. The van der Waals surface area contributed by atoms with E-state index in [0.717, 1.165) is 5.76 Å². The molecule has 1 aliphatic heterocycles. The molecule has 2 unspecified atom stereocenters. The summed E-state index contributed by atoms with van der Waals surface area (Å²) in [5.41, 5.74) is 0. The highest BCUT2D eigenvalue weighted by molar-refractivity contribution is 5.76. The Balaban J connectivity index is 0.000000370. The highest BCUT2D eigenvalue weighted by atomic mass is 19.4. The molecule has 0 aromatic carbocycles. The summed E-state index contributed by atoms with van der Waals surface area (Å²) in [6, 6.07) is 4.38. The van der Waals surface area contributed by atoms with Crippen molar-refractivity contribution in [3.8, 4) is 0 Å². The SMILES string of the molecule is CC(C)N1CC2CCCC(C1)C2CC(=O)NCc1ccco1.O=C(O)C(F)(F)F. The van der Waals surface area contributed by atoms with Crippen molar-refractivity contribution in [1.82, 2.24) is 10.2 Å². The third-order valence-electron chi connectivity index (χ3n) is 5.73. The van der Waals surface area contributed by atoms with E-state index in [9.17, 15) is 18.0 Å². The molecule has 1 aromatic heterocycles. The number of nitrogens with one attached hydrogen (secondary N) is 1. The van der Waals surface area contributed by atoms with Gasteiger partial charge in [-0.15, -0.1) is 0 Å². The van der Waals surface area contributed by atoms with Crippen LogP contribution in [0.5, 0.6) is 0 Å². The van der Waals surface area contributed by atoms with Gasteiger partial charge in [0.25, 0.3) is 0 Å². The van der Waals surface area contributed by atoms with Crippen LogP contribution in [-0.2, 0) is 16.1 Å². The van der Waals surface area contributed by atoms with Crippen LogP contribution >= 0.6 is 0 Å². The quantitative estimate of drug-likeness (QED) is 0.762. The summed E-state index contributed by atoms with van der Waals surface area (Å²) in [6.45, 7) is 7.42. The lowest BCUT2D eigenvalue weighted by Gasteiger charge is -2.48. The second kappa shape index (κ2) is 10.1. The maximum Gasteiger partial charge on any atom is 0.490 e. The summed E-state index contributed by atoms with van der Waals surface area (Å²) in [5.74, 6) is 0.209. The number of likely N-dealkylation sites (tertiary alicyclic amines) is 1. The predicted octanol–water partition coefficient (Wildman–Crippen LogP) is 3.68. The Morgan fingerprint density at radius 3 is 2.31 bits per heavy atom. The molecule has 1 aliphatic carbocycles. The van der Waals surface area contributed by atoms with Gasteiger partial charge in [0.1, 0.15) is 5.76 Å². The molecule has 9 heteroatoms. The van der Waals surface area contributed by atoms with Crippen molar-refractivity contribution in [3.63, 3.8) is 0 Å². The molecule has 2 atom stereocenters. The fourth-order valence-electron chi connectivity index (χ4n) is 4.23. The Morgan fingerprint density at radius 1 is 1.28 bits per heavy atom. The molecule has 2 fully saturated rings. The number of piperidine rings is 1. The van der Waals surface area contributed by atoms with E-state index in [4.69, 9.17) is 14.3 Å². The number of carboxylic acid groups (broad SMARTS) is 1. The Hall–Kier alpha value is -2.03. The predicted molar refractivity (Wildman–Crippen MR) is 99.9 cm³/mol. The van der Waals surface area contributed by atoms with Crippen molar-refractivity contribution >= 4 is 11.9 Å². The molecule has 2 N–H and O–H groups in total. The van der Waals surface area contributed by atoms with E-state index in [2.05, 4.69) is 24.1 Å². The topological polar surface area (TPSA) is 82.8 Å². The number of carbonyl (C=O) groups excluding carboxylic acids is 1. The van der Waals surface area contributed by atoms with Crippen LogP contribution < -0.4 is 5.32 Å². The first kappa shape index (κ1) is 23.3. The molecular weight excluding hydrogens is 389 g/mol. The fourth-order valence-corrected chi connectivity index (χ4v) is 4.23. The van der Waals surface area contributed by atoms with Crippen LogP contribution in [-0.4, -0.2) is 47.2 Å². The van der Waals surface area contributed by atoms with Crippen molar-refractivity contribution in [2.75, 3.05) is 13.1 Å². The first-order chi connectivity index (χ1) is 13.6. The average molecular weight is 418 g/mol. The summed E-state index contributed by atoms with van der Waals surface area (Å²) >= 11 is 0. The molecule has 6 nitrogen and oxygen atoms in total. The molecule has 164 valence electrons. The van der Waals surface area contributed by atoms with Crippen LogP contribution in [0.15, 0.2) is 22.8 Å². The summed E-state index contributed by atoms with van der Waals surface area (Å²) in [4.78, 5) is 23.8. The lowest BCUT2D eigenvalue weighted by molar-refractivity contribution is -0.192. The number of fused-ring (bicyclic) bond motifs is 2. The standard InChI is InChI=1S/C18H28N2O2.C2HF3O2/c1-13(2)20-11-14-5-3-6-15(12-20)17(14)9-18(21)19-10-16-7-4-8-22-16;3-2(4,5)1(6)7/h4,7-8,13-15,17H,3,5-6,9-12H2,1-2H3,(H,19,21);(H,6,7). The number of carboxylic acids is 1. The number of rotatable bonds is 5. The van der Waals surface area contributed by atoms with Gasteiger partial charge in [-0.3, -0.25) is 4.79 Å². The maximum atomic E-state index is 12.3. The number of hydrogen-bond acceptors (Lipinski definition) is 4. The molecule has 2 bridgehead atoms. The van der Waals surface area contributed by atoms with Crippen molar-refractivity contribution in [2.45, 2.75) is 58.3 Å². The van der Waals surface area contributed by atoms with Gasteiger partial charge >= 0.3 is 12.1 Å². The van der Waals surface area contributed by atoms with E-state index in [1.165, 1.54) is 32.4 Å². The zero-order chi connectivity index (χ0) is 21.6. The second-order valence-electron chi connectivity index (χ2n) is 8.03. The van der Waals surface area contributed by atoms with Crippen molar-refractivity contribution < 1.29 is 32.3 Å². The maximum absolute atomic E-state index is 12.3. The number of aliphatic carboxylic acids is 1. The van der Waals surface area contributed by atoms with Gasteiger partial charge in [0.2, 0.25) is 5.91 Å². The number of alkyl halides is 3. The Morgan fingerprint density at radius 2 is 1.86 bits per heavy atom. The lowest BCUT2D eigenvalue weighted by atomic mass is 9.67. The van der Waals surface area contributed by atoms with Crippen LogP contribution in [0.1, 0.15) is 45.3 Å². The number of halogens is 3. The normalized spacial score (nSPS) is 24.6. The van der Waals surface area contributed by atoms with Gasteiger partial charge in [0.15, 0.2) is 0 Å². The largest absolute Gasteiger partial charge is 0.490 e. The van der Waals surface area contributed by atoms with Gasteiger partial charge < -0.3 is 19.7 Å². The molecule has 1 saturated carbocycles. The third-order valence-corrected chi connectivity index (χ3v) is 5.73. The van der Waals surface area contributed by atoms with Crippen molar-refractivity contribution in [3.05, 3.63) is 24.2 Å². The van der Waals surface area contributed by atoms with Crippen LogP contribution in [0, 0.1) is 17.8 Å². The van der Waals surface area contributed by atoms with E-state index < -0.39 is 12.1 Å². The number of carbonyl (C=O) groups is 2. The summed E-state index contributed by atoms with van der Waals surface area (Å²) in [5, 5.41) is 10.1. The van der Waals surface area contributed by atoms with Crippen molar-refractivity contribution in [1.29, 1.82) is 0 Å². The molecule has 1 saturated heterocycles. The van der Waals surface area contributed by atoms with Gasteiger partial charge in [-0.05, 0) is 56.6 Å². The first-order valence-corrected chi connectivity index (χ1v) is 9.91. The van der Waals surface area contributed by atoms with Crippen LogP contribution in [0.3, 0.4) is 0 Å². The fraction of sp³-hybridized carbons (Fsp3) is 0.700. The van der Waals surface area contributed by atoms with E-state index in [1.54, 1.807) is 6.26 Å². The van der Waals surface area contributed by atoms with E-state index >= 15 is 0 Å². The number of amides is 1. The Bertz CT molecular complexity index is 647. The minimum Gasteiger partial charge on any atom is -0.475 e. The molecule has 3 rings (SSSR count). The Labute approximate surface area is 168 Å². The molecule has 2 aliphatic rings. The number of nitrogens with zero attached hydrogens (tertiary/aromatic N) is 1. The monoisotopic (exact) mass is 418 g/mol. The van der Waals surface area contributed by atoms with Gasteiger partial charge in [-0.1, -0.05) is 6.42 Å². The highest BCUT2D eigenvalue weighted by Gasteiger charge is 2.40. The molecule has 29 heavy (non-hydrogen) atoms. The molecule has 1 aromatic rings. The average Bonchev–Trinajstić information content (AvgIpc) is 3.12. The zero-order valence-electron chi connectivity index (χ0n) is 16.7. The molecule has 0 spiro atoms. The molecule has 2 heterocycles. The van der Waals surface area contributed by atoms with Crippen LogP contribution in [0.2, 0.25) is 0 Å². The number of hydrogen-bond donors (Lipinski definition) is 2. The minimum absolute atomic E-state index is 0.177. The van der Waals surface area contributed by atoms with E-state index in [0.29, 0.717) is 36.8 Å². The molecule has 1 amide bonds. The number of furan rings is 1. The van der Waals surface area contributed by atoms with Gasteiger partial charge in [0, 0.05) is 25.6 Å². The zero-order valence-corrected chi connectivity index (χ0v) is 16.7. The van der Waals surface area contributed by atoms with E-state index in [-0.39, 0.29) is 5.91 Å². The lowest BCUT2D eigenvalue weighted by Crippen LogP contribution is -2.51. The van der Waals surface area contributed by atoms with Crippen LogP contribution in [0.25, 0.3) is 0 Å². The molecular formula is C20H29F3N2O4. The minimum atomic E-state index is -5.08. The van der Waals surface area contributed by atoms with Crippen LogP contribution in [0.4, 0.5) is 13.2 Å². The second-order valence-corrected chi connectivity index (χ2v) is 8.03. The van der Waals surface area contributed by atoms with E-state index in [1.807, 2.05) is 12.1 Å². The summed E-state index contributed by atoms with van der Waals surface area (Å²) in [6.07, 6.45) is 1.16. The third kappa shape index (κ3) is 7.06.